The Labute approximate surface area is 123 Å². The predicted molar refractivity (Wildman–Crippen MR) is 62.9 cm³/mol. The SMILES string of the molecule is CCCC(O)(C(C)=NC(C)C)C(C)C.[La]. The Morgan fingerprint density at radius 1 is 1.27 bits per heavy atom. The molecule has 0 heterocycles. The zero-order chi connectivity index (χ0) is 11.4. The molecular weight excluding hydrogens is 313 g/mol. The number of hydrogen-bond acceptors (Lipinski definition) is 2. The van der Waals surface area contributed by atoms with Gasteiger partial charge in [-0.15, -0.1) is 0 Å². The molecule has 0 aliphatic heterocycles. The first-order chi connectivity index (χ1) is 6.34. The van der Waals surface area contributed by atoms with Crippen LogP contribution in [0.5, 0.6) is 0 Å². The maximum Gasteiger partial charge on any atom is 0.104 e. The maximum absolute atomic E-state index is 10.5. The normalized spacial score (nSPS) is 16.5. The molecule has 0 aliphatic rings. The molecule has 0 bridgehead atoms. The summed E-state index contributed by atoms with van der Waals surface area (Å²) in [5, 5.41) is 10.5. The number of rotatable bonds is 5. The molecule has 0 aromatic rings. The van der Waals surface area contributed by atoms with E-state index in [9.17, 15) is 5.11 Å². The molecule has 1 atom stereocenters. The van der Waals surface area contributed by atoms with Gasteiger partial charge in [-0.2, -0.15) is 0 Å². The second-order valence-corrected chi connectivity index (χ2v) is 4.64. The van der Waals surface area contributed by atoms with Crippen molar-refractivity contribution in [1.29, 1.82) is 0 Å². The Morgan fingerprint density at radius 3 is 2.00 bits per heavy atom. The summed E-state index contributed by atoms with van der Waals surface area (Å²) >= 11 is 0. The number of aliphatic hydroxyl groups is 1. The van der Waals surface area contributed by atoms with Gasteiger partial charge in [-0.1, -0.05) is 27.2 Å². The van der Waals surface area contributed by atoms with E-state index in [4.69, 9.17) is 0 Å². The van der Waals surface area contributed by atoms with E-state index in [0.29, 0.717) is 0 Å². The minimum atomic E-state index is -0.709. The van der Waals surface area contributed by atoms with Crippen molar-refractivity contribution in [3.63, 3.8) is 0 Å². The summed E-state index contributed by atoms with van der Waals surface area (Å²) in [7, 11) is 0. The maximum atomic E-state index is 10.5. The van der Waals surface area contributed by atoms with Crippen LogP contribution < -0.4 is 0 Å². The van der Waals surface area contributed by atoms with Crippen LogP contribution in [0, 0.1) is 41.5 Å². The fourth-order valence-corrected chi connectivity index (χ4v) is 1.77. The first kappa shape index (κ1) is 18.2. The molecule has 15 heavy (non-hydrogen) atoms. The van der Waals surface area contributed by atoms with E-state index >= 15 is 0 Å². The summed E-state index contributed by atoms with van der Waals surface area (Å²) in [6.07, 6.45) is 1.78. The molecule has 3 heteroatoms. The molecule has 0 aliphatic carbocycles. The molecule has 1 radical (unpaired) electrons. The van der Waals surface area contributed by atoms with Crippen molar-refractivity contribution < 1.29 is 40.7 Å². The van der Waals surface area contributed by atoms with Crippen molar-refractivity contribution in [2.24, 2.45) is 10.9 Å². The van der Waals surface area contributed by atoms with Gasteiger partial charge in [0.05, 0.1) is 0 Å². The van der Waals surface area contributed by atoms with Gasteiger partial charge in [0.25, 0.3) is 0 Å². The first-order valence-electron chi connectivity index (χ1n) is 5.61. The zero-order valence-corrected chi connectivity index (χ0v) is 14.7. The van der Waals surface area contributed by atoms with E-state index in [2.05, 4.69) is 25.8 Å². The summed E-state index contributed by atoms with van der Waals surface area (Å²) in [4.78, 5) is 4.46. The molecule has 0 saturated heterocycles. The van der Waals surface area contributed by atoms with Crippen molar-refractivity contribution >= 4 is 5.71 Å². The average Bonchev–Trinajstić information content (AvgIpc) is 2.02. The third kappa shape index (κ3) is 5.62. The first-order valence-corrected chi connectivity index (χ1v) is 5.61. The van der Waals surface area contributed by atoms with Gasteiger partial charge in [0.1, 0.15) is 5.60 Å². The molecule has 0 fully saturated rings. The number of aliphatic imine (C=N–C) groups is 1. The Kier molecular flexibility index (Phi) is 9.70. The molecular formula is C12H25LaNO. The van der Waals surface area contributed by atoms with Crippen LogP contribution in [0.1, 0.15) is 54.4 Å². The molecule has 0 rings (SSSR count). The molecule has 1 N–H and O–H groups in total. The van der Waals surface area contributed by atoms with Crippen LogP contribution in [0.2, 0.25) is 0 Å². The molecule has 0 spiro atoms. The van der Waals surface area contributed by atoms with Gasteiger partial charge in [-0.25, -0.2) is 0 Å². The summed E-state index contributed by atoms with van der Waals surface area (Å²) in [6, 6.07) is 0.261. The van der Waals surface area contributed by atoms with Gasteiger partial charge >= 0.3 is 0 Å². The minimum absolute atomic E-state index is 0. The van der Waals surface area contributed by atoms with Crippen LogP contribution in [0.15, 0.2) is 4.99 Å². The fraction of sp³-hybridized carbons (Fsp3) is 0.917. The molecule has 2 nitrogen and oxygen atoms in total. The van der Waals surface area contributed by atoms with E-state index < -0.39 is 5.60 Å². The predicted octanol–water partition coefficient (Wildman–Crippen LogP) is 3.04. The second-order valence-electron chi connectivity index (χ2n) is 4.64. The van der Waals surface area contributed by atoms with Gasteiger partial charge in [0, 0.05) is 47.4 Å². The van der Waals surface area contributed by atoms with Crippen molar-refractivity contribution in [1.82, 2.24) is 0 Å². The quantitative estimate of drug-likeness (QED) is 0.768. The Morgan fingerprint density at radius 2 is 1.73 bits per heavy atom. The molecule has 1 unspecified atom stereocenters. The van der Waals surface area contributed by atoms with E-state index in [0.717, 1.165) is 18.6 Å². The van der Waals surface area contributed by atoms with E-state index in [1.807, 2.05) is 20.8 Å². The minimum Gasteiger partial charge on any atom is -0.384 e. The summed E-state index contributed by atoms with van der Waals surface area (Å²) in [6.45, 7) is 12.2. The molecule has 0 aromatic carbocycles. The van der Waals surface area contributed by atoms with Crippen LogP contribution in [-0.4, -0.2) is 22.5 Å². The van der Waals surface area contributed by atoms with Crippen LogP contribution in [0.3, 0.4) is 0 Å². The molecule has 0 saturated carbocycles. The van der Waals surface area contributed by atoms with Crippen molar-refractivity contribution in [2.45, 2.75) is 66.0 Å². The number of nitrogens with zero attached hydrogens (tertiary/aromatic N) is 1. The molecule has 0 aromatic heterocycles. The standard InChI is InChI=1S/C12H25NO.La/c1-7-8-12(14,9(2)3)11(6)13-10(4)5;/h9-10,14H,7-8H2,1-6H3;. The smallest absolute Gasteiger partial charge is 0.104 e. The summed E-state index contributed by atoms with van der Waals surface area (Å²) < 4.78 is 0. The van der Waals surface area contributed by atoms with Gasteiger partial charge in [0.15, 0.2) is 0 Å². The number of hydrogen-bond donors (Lipinski definition) is 1. The van der Waals surface area contributed by atoms with Crippen molar-refractivity contribution in [2.75, 3.05) is 0 Å². The summed E-state index contributed by atoms with van der Waals surface area (Å²) in [5.74, 6) is 0.227. The van der Waals surface area contributed by atoms with Gasteiger partial charge < -0.3 is 5.11 Å². The fourth-order valence-electron chi connectivity index (χ4n) is 1.77. The van der Waals surface area contributed by atoms with Crippen LogP contribution in [0.4, 0.5) is 0 Å². The molecule has 87 valence electrons. The average molecular weight is 338 g/mol. The largest absolute Gasteiger partial charge is 0.384 e. The topological polar surface area (TPSA) is 32.6 Å². The Hall–Kier alpha value is 0.825. The zero-order valence-electron chi connectivity index (χ0n) is 11.0. The third-order valence-corrected chi connectivity index (χ3v) is 2.66. The monoisotopic (exact) mass is 338 g/mol. The molecule has 0 amide bonds. The van der Waals surface area contributed by atoms with Gasteiger partial charge in [0.2, 0.25) is 0 Å². The van der Waals surface area contributed by atoms with E-state index in [1.165, 1.54) is 0 Å². The van der Waals surface area contributed by atoms with E-state index in [1.54, 1.807) is 0 Å². The Balaban J connectivity index is 0. The van der Waals surface area contributed by atoms with Gasteiger partial charge in [-0.05, 0) is 33.1 Å². The Bertz CT molecular complexity index is 202. The van der Waals surface area contributed by atoms with Crippen molar-refractivity contribution in [3.05, 3.63) is 0 Å². The van der Waals surface area contributed by atoms with Crippen LogP contribution in [-0.2, 0) is 0 Å². The van der Waals surface area contributed by atoms with E-state index in [-0.39, 0.29) is 47.6 Å². The second kappa shape index (κ2) is 8.00. The third-order valence-electron chi connectivity index (χ3n) is 2.66. The van der Waals surface area contributed by atoms with Gasteiger partial charge in [-0.3, -0.25) is 4.99 Å². The van der Waals surface area contributed by atoms with Crippen LogP contribution in [0.25, 0.3) is 0 Å². The summed E-state index contributed by atoms with van der Waals surface area (Å²) in [5.41, 5.74) is 0.170. The van der Waals surface area contributed by atoms with Crippen molar-refractivity contribution in [3.8, 4) is 0 Å². The van der Waals surface area contributed by atoms with Crippen LogP contribution >= 0.6 is 0 Å².